The summed E-state index contributed by atoms with van der Waals surface area (Å²) in [5, 5.41) is 10.2. The molecule has 2 N–H and O–H groups in total. The Hall–Kier alpha value is -2.71. The molecule has 0 amide bonds. The van der Waals surface area contributed by atoms with Crippen molar-refractivity contribution in [2.45, 2.75) is 31.7 Å². The van der Waals surface area contributed by atoms with Gasteiger partial charge in [-0.05, 0) is 19.0 Å². The standard InChI is InChI=1S/C17H18N2O6/c1-10-8-19(17(23)18-15(10)21)14-7-12(20)13(25-14)9-24-16(22)11-5-3-2-4-6-11/h2-6,8,12-14,20H,7,9H2,1H3,(H,18,21,23)/t12-,13-,14-/m1/s1/i1D3. The number of hydrogen-bond acceptors (Lipinski definition) is 6. The fraction of sp³-hybridized carbons (Fsp3) is 0.353. The van der Waals surface area contributed by atoms with E-state index in [1.165, 1.54) is 0 Å². The lowest BCUT2D eigenvalue weighted by atomic mass is 10.2. The zero-order valence-electron chi connectivity index (χ0n) is 16.0. The fourth-order valence-electron chi connectivity index (χ4n) is 2.55. The number of H-pyrrole nitrogens is 1. The number of carbonyl (C=O) groups excluding carboxylic acids is 1. The maximum absolute atomic E-state index is 12.0. The molecule has 0 aliphatic carbocycles. The van der Waals surface area contributed by atoms with Gasteiger partial charge in [0.2, 0.25) is 0 Å². The van der Waals surface area contributed by atoms with Crippen LogP contribution in [0, 0.1) is 6.85 Å². The second kappa shape index (κ2) is 7.04. The number of nitrogens with one attached hydrogen (secondary N) is 1. The molecule has 3 rings (SSSR count). The third-order valence-corrected chi connectivity index (χ3v) is 3.87. The minimum absolute atomic E-state index is 0.0417. The Bertz CT molecular complexity index is 969. The average molecular weight is 349 g/mol. The number of nitrogens with zero attached hydrogens (tertiary/aromatic N) is 1. The van der Waals surface area contributed by atoms with Gasteiger partial charge in [-0.15, -0.1) is 0 Å². The number of rotatable bonds is 4. The first-order valence-corrected chi connectivity index (χ1v) is 7.58. The van der Waals surface area contributed by atoms with Gasteiger partial charge >= 0.3 is 11.7 Å². The monoisotopic (exact) mass is 349 g/mol. The molecule has 1 fully saturated rings. The van der Waals surface area contributed by atoms with E-state index in [1.54, 1.807) is 30.3 Å². The van der Waals surface area contributed by atoms with Crippen LogP contribution in [0.25, 0.3) is 0 Å². The van der Waals surface area contributed by atoms with Crippen LogP contribution in [0.3, 0.4) is 0 Å². The highest BCUT2D eigenvalue weighted by atomic mass is 16.6. The van der Waals surface area contributed by atoms with Gasteiger partial charge < -0.3 is 14.6 Å². The van der Waals surface area contributed by atoms with Gasteiger partial charge in [-0.25, -0.2) is 9.59 Å². The fourth-order valence-corrected chi connectivity index (χ4v) is 2.55. The number of esters is 1. The molecule has 8 heteroatoms. The molecule has 1 aromatic carbocycles. The van der Waals surface area contributed by atoms with E-state index in [4.69, 9.17) is 13.6 Å². The summed E-state index contributed by atoms with van der Waals surface area (Å²) < 4.78 is 33.7. The molecule has 0 saturated carbocycles. The van der Waals surface area contributed by atoms with Gasteiger partial charge in [-0.1, -0.05) is 18.2 Å². The largest absolute Gasteiger partial charge is 0.459 e. The van der Waals surface area contributed by atoms with Gasteiger partial charge in [0.15, 0.2) is 0 Å². The topological polar surface area (TPSA) is 111 Å². The number of aliphatic hydroxyl groups excluding tert-OH is 1. The van der Waals surface area contributed by atoms with Crippen LogP contribution in [-0.2, 0) is 9.47 Å². The van der Waals surface area contributed by atoms with Gasteiger partial charge in [-0.2, -0.15) is 0 Å². The third-order valence-electron chi connectivity index (χ3n) is 3.87. The number of aromatic nitrogens is 2. The zero-order valence-corrected chi connectivity index (χ0v) is 13.0. The molecule has 8 nitrogen and oxygen atoms in total. The molecule has 1 aromatic heterocycles. The summed E-state index contributed by atoms with van der Waals surface area (Å²) in [5.74, 6) is -0.592. The van der Waals surface area contributed by atoms with Crippen LogP contribution in [0.5, 0.6) is 0 Å². The molecule has 0 spiro atoms. The maximum atomic E-state index is 12.0. The van der Waals surface area contributed by atoms with Crippen molar-refractivity contribution in [2.24, 2.45) is 0 Å². The van der Waals surface area contributed by atoms with Gasteiger partial charge in [-0.3, -0.25) is 14.3 Å². The summed E-state index contributed by atoms with van der Waals surface area (Å²) in [6, 6.07) is 8.26. The van der Waals surface area contributed by atoms with Crippen LogP contribution in [0.4, 0.5) is 0 Å². The van der Waals surface area contributed by atoms with Crippen molar-refractivity contribution in [1.82, 2.24) is 9.55 Å². The predicted octanol–water partition coefficient (Wildman–Crippen LogP) is 0.350. The first-order chi connectivity index (χ1) is 13.2. The molecule has 1 aliphatic heterocycles. The molecule has 132 valence electrons. The van der Waals surface area contributed by atoms with Crippen molar-refractivity contribution in [2.75, 3.05) is 6.61 Å². The van der Waals surface area contributed by atoms with E-state index in [9.17, 15) is 19.5 Å². The Morgan fingerprint density at radius 2 is 2.20 bits per heavy atom. The molecule has 2 heterocycles. The minimum Gasteiger partial charge on any atom is -0.459 e. The lowest BCUT2D eigenvalue weighted by Gasteiger charge is -2.16. The number of benzene rings is 1. The van der Waals surface area contributed by atoms with Crippen LogP contribution in [0.15, 0.2) is 46.1 Å². The lowest BCUT2D eigenvalue weighted by Crippen LogP contribution is -2.33. The van der Waals surface area contributed by atoms with Crippen molar-refractivity contribution >= 4 is 5.97 Å². The Balaban J connectivity index is 1.72. The second-order valence-corrected chi connectivity index (χ2v) is 5.61. The number of aliphatic hydroxyl groups is 1. The summed E-state index contributed by atoms with van der Waals surface area (Å²) in [6.07, 6.45) is -2.11. The first kappa shape index (κ1) is 13.6. The molecule has 2 aromatic rings. The highest BCUT2D eigenvalue weighted by Crippen LogP contribution is 2.27. The number of aryl methyl sites for hydroxylation is 1. The zero-order chi connectivity index (χ0) is 20.5. The second-order valence-electron chi connectivity index (χ2n) is 5.61. The Kier molecular flexibility index (Phi) is 3.82. The van der Waals surface area contributed by atoms with E-state index in [-0.39, 0.29) is 13.0 Å². The molecular formula is C17H18N2O6. The van der Waals surface area contributed by atoms with E-state index in [1.807, 2.05) is 4.98 Å². The Morgan fingerprint density at radius 3 is 2.92 bits per heavy atom. The predicted molar refractivity (Wildman–Crippen MR) is 87.3 cm³/mol. The minimum atomic E-state index is -2.72. The van der Waals surface area contributed by atoms with E-state index in [0.29, 0.717) is 5.56 Å². The summed E-state index contributed by atoms with van der Waals surface area (Å²) in [5.41, 5.74) is -2.10. The average Bonchev–Trinajstić information content (AvgIpc) is 2.99. The van der Waals surface area contributed by atoms with Gasteiger partial charge in [0.1, 0.15) is 18.9 Å². The molecular weight excluding hydrogens is 328 g/mol. The lowest BCUT2D eigenvalue weighted by molar-refractivity contribution is -0.0532. The molecule has 0 unspecified atom stereocenters. The van der Waals surface area contributed by atoms with Crippen molar-refractivity contribution < 1.29 is 23.5 Å². The van der Waals surface area contributed by atoms with Gasteiger partial charge in [0, 0.05) is 22.3 Å². The highest BCUT2D eigenvalue weighted by Gasteiger charge is 2.36. The third kappa shape index (κ3) is 3.70. The maximum Gasteiger partial charge on any atom is 0.338 e. The van der Waals surface area contributed by atoms with Gasteiger partial charge in [0.25, 0.3) is 5.56 Å². The van der Waals surface area contributed by atoms with E-state index >= 15 is 0 Å². The summed E-state index contributed by atoms with van der Waals surface area (Å²) in [4.78, 5) is 37.7. The van der Waals surface area contributed by atoms with Crippen LogP contribution in [0.2, 0.25) is 0 Å². The summed E-state index contributed by atoms with van der Waals surface area (Å²) in [7, 11) is 0. The highest BCUT2D eigenvalue weighted by molar-refractivity contribution is 5.89. The SMILES string of the molecule is [2H]C([2H])([2H])c1cn([C@H]2C[C@@H](O)[C@@H](COC(=O)c3ccccc3)O2)c(=O)[nH]c1=O. The molecule has 25 heavy (non-hydrogen) atoms. The molecule has 0 radical (unpaired) electrons. The van der Waals surface area contributed by atoms with Gasteiger partial charge in [0.05, 0.1) is 11.7 Å². The smallest absolute Gasteiger partial charge is 0.338 e. The van der Waals surface area contributed by atoms with Crippen LogP contribution < -0.4 is 11.2 Å². The van der Waals surface area contributed by atoms with E-state index < -0.39 is 48.1 Å². The first-order valence-electron chi connectivity index (χ1n) is 9.08. The Morgan fingerprint density at radius 1 is 1.44 bits per heavy atom. The number of ether oxygens (including phenoxy) is 2. The van der Waals surface area contributed by atoms with Crippen molar-refractivity contribution in [3.05, 3.63) is 68.5 Å². The van der Waals surface area contributed by atoms with Crippen molar-refractivity contribution in [1.29, 1.82) is 0 Å². The van der Waals surface area contributed by atoms with E-state index in [2.05, 4.69) is 0 Å². The normalized spacial score (nSPS) is 25.0. The Labute approximate surface area is 146 Å². The summed E-state index contributed by atoms with van der Waals surface area (Å²) >= 11 is 0. The van der Waals surface area contributed by atoms with Crippen molar-refractivity contribution in [3.8, 4) is 0 Å². The van der Waals surface area contributed by atoms with Crippen LogP contribution in [0.1, 0.15) is 32.7 Å². The molecule has 1 saturated heterocycles. The van der Waals surface area contributed by atoms with Crippen LogP contribution in [-0.4, -0.2) is 39.4 Å². The number of hydrogen-bond donors (Lipinski definition) is 2. The number of carbonyl (C=O) groups is 1. The van der Waals surface area contributed by atoms with E-state index in [0.717, 1.165) is 10.8 Å². The van der Waals surface area contributed by atoms with Crippen molar-refractivity contribution in [3.63, 3.8) is 0 Å². The van der Waals surface area contributed by atoms with Crippen LogP contribution >= 0.6 is 0 Å². The quantitative estimate of drug-likeness (QED) is 0.771. The number of aromatic amines is 1. The summed E-state index contributed by atoms with van der Waals surface area (Å²) in [6.45, 7) is -2.97. The molecule has 1 aliphatic rings. The molecule has 0 bridgehead atoms. The molecule has 3 atom stereocenters.